The normalized spacial score (nSPS) is 11.2. The van der Waals surface area contributed by atoms with E-state index in [1.54, 1.807) is 6.26 Å². The van der Waals surface area contributed by atoms with Crippen LogP contribution in [0.2, 0.25) is 0 Å². The zero-order valence-electron chi connectivity index (χ0n) is 9.66. The minimum atomic E-state index is 0.525. The van der Waals surface area contributed by atoms with Crippen molar-refractivity contribution in [3.8, 4) is 0 Å². The summed E-state index contributed by atoms with van der Waals surface area (Å²) in [4.78, 5) is 0. The molecule has 15 heavy (non-hydrogen) atoms. The van der Waals surface area contributed by atoms with E-state index in [1.165, 1.54) is 6.42 Å². The molecule has 0 saturated heterocycles. The highest BCUT2D eigenvalue weighted by Crippen LogP contribution is 2.09. The van der Waals surface area contributed by atoms with Gasteiger partial charge < -0.3 is 14.9 Å². The molecule has 0 atom stereocenters. The average molecular weight is 211 g/mol. The number of hydrogen-bond acceptors (Lipinski definition) is 3. The van der Waals surface area contributed by atoms with Gasteiger partial charge in [-0.2, -0.15) is 0 Å². The van der Waals surface area contributed by atoms with Gasteiger partial charge in [-0.25, -0.2) is 0 Å². The van der Waals surface area contributed by atoms with E-state index in [4.69, 9.17) is 14.9 Å². The SMILES string of the molecule is CC(C)CCCOCc1cc(CN)co1. The Bertz CT molecular complexity index is 268. The molecule has 1 heterocycles. The maximum Gasteiger partial charge on any atom is 0.129 e. The Morgan fingerprint density at radius 2 is 2.27 bits per heavy atom. The number of rotatable bonds is 7. The minimum Gasteiger partial charge on any atom is -0.467 e. The van der Waals surface area contributed by atoms with Gasteiger partial charge in [0.2, 0.25) is 0 Å². The van der Waals surface area contributed by atoms with Crippen molar-refractivity contribution in [2.24, 2.45) is 11.7 Å². The van der Waals surface area contributed by atoms with Crippen LogP contribution in [0.25, 0.3) is 0 Å². The number of ether oxygens (including phenoxy) is 1. The monoisotopic (exact) mass is 211 g/mol. The van der Waals surface area contributed by atoms with E-state index in [0.29, 0.717) is 13.2 Å². The molecular formula is C12H21NO2. The summed E-state index contributed by atoms with van der Waals surface area (Å²) in [5.74, 6) is 1.61. The summed E-state index contributed by atoms with van der Waals surface area (Å²) in [5, 5.41) is 0. The molecule has 0 spiro atoms. The fourth-order valence-electron chi connectivity index (χ4n) is 1.38. The third kappa shape index (κ3) is 5.00. The molecule has 1 rings (SSSR count). The molecule has 0 radical (unpaired) electrons. The first-order valence-electron chi connectivity index (χ1n) is 5.56. The second kappa shape index (κ2) is 6.64. The highest BCUT2D eigenvalue weighted by atomic mass is 16.5. The summed E-state index contributed by atoms with van der Waals surface area (Å²) in [6, 6.07) is 1.95. The maximum absolute atomic E-state index is 5.49. The Balaban J connectivity index is 2.09. The molecule has 0 unspecified atom stereocenters. The Morgan fingerprint density at radius 3 is 2.87 bits per heavy atom. The van der Waals surface area contributed by atoms with Gasteiger partial charge in [0.1, 0.15) is 12.4 Å². The lowest BCUT2D eigenvalue weighted by Crippen LogP contribution is -1.97. The van der Waals surface area contributed by atoms with Crippen molar-refractivity contribution in [1.29, 1.82) is 0 Å². The van der Waals surface area contributed by atoms with Crippen LogP contribution >= 0.6 is 0 Å². The molecule has 1 aromatic heterocycles. The second-order valence-corrected chi connectivity index (χ2v) is 4.21. The van der Waals surface area contributed by atoms with Crippen molar-refractivity contribution < 1.29 is 9.15 Å². The Kier molecular flexibility index (Phi) is 5.43. The van der Waals surface area contributed by atoms with Gasteiger partial charge in [0, 0.05) is 18.7 Å². The van der Waals surface area contributed by atoms with Gasteiger partial charge in [-0.05, 0) is 24.8 Å². The summed E-state index contributed by atoms with van der Waals surface area (Å²) in [6.45, 7) is 6.33. The van der Waals surface area contributed by atoms with Crippen molar-refractivity contribution >= 4 is 0 Å². The van der Waals surface area contributed by atoms with Gasteiger partial charge in [0.05, 0.1) is 6.26 Å². The molecule has 0 aromatic carbocycles. The van der Waals surface area contributed by atoms with Crippen LogP contribution in [-0.2, 0) is 17.9 Å². The molecule has 0 saturated carbocycles. The lowest BCUT2D eigenvalue weighted by atomic mass is 10.1. The molecule has 2 N–H and O–H groups in total. The molecule has 3 heteroatoms. The van der Waals surface area contributed by atoms with E-state index in [0.717, 1.165) is 30.3 Å². The Labute approximate surface area is 91.6 Å². The predicted molar refractivity (Wildman–Crippen MR) is 60.3 cm³/mol. The fraction of sp³-hybridized carbons (Fsp3) is 0.667. The quantitative estimate of drug-likeness (QED) is 0.705. The largest absolute Gasteiger partial charge is 0.467 e. The van der Waals surface area contributed by atoms with E-state index in [1.807, 2.05) is 6.07 Å². The van der Waals surface area contributed by atoms with Crippen molar-refractivity contribution in [2.45, 2.75) is 39.8 Å². The Morgan fingerprint density at radius 1 is 1.47 bits per heavy atom. The highest BCUT2D eigenvalue weighted by molar-refractivity contribution is 5.11. The average Bonchev–Trinajstić information content (AvgIpc) is 2.65. The summed E-state index contributed by atoms with van der Waals surface area (Å²) in [5.41, 5.74) is 6.50. The molecule has 0 aliphatic carbocycles. The molecule has 0 fully saturated rings. The second-order valence-electron chi connectivity index (χ2n) is 4.21. The van der Waals surface area contributed by atoms with Gasteiger partial charge in [-0.15, -0.1) is 0 Å². The first-order chi connectivity index (χ1) is 7.22. The molecule has 0 aliphatic heterocycles. The van der Waals surface area contributed by atoms with Crippen LogP contribution in [0.15, 0.2) is 16.7 Å². The van der Waals surface area contributed by atoms with Crippen molar-refractivity contribution in [3.05, 3.63) is 23.7 Å². The zero-order valence-corrected chi connectivity index (χ0v) is 9.66. The summed E-state index contributed by atoms with van der Waals surface area (Å²) < 4.78 is 10.8. The molecule has 0 aliphatic rings. The van der Waals surface area contributed by atoms with E-state index in [9.17, 15) is 0 Å². The lowest BCUT2D eigenvalue weighted by molar-refractivity contribution is 0.101. The molecule has 1 aromatic rings. The van der Waals surface area contributed by atoms with Crippen LogP contribution in [0, 0.1) is 5.92 Å². The third-order valence-electron chi connectivity index (χ3n) is 2.26. The van der Waals surface area contributed by atoms with Crippen molar-refractivity contribution in [3.63, 3.8) is 0 Å². The predicted octanol–water partition coefficient (Wildman–Crippen LogP) is 2.69. The first-order valence-corrected chi connectivity index (χ1v) is 5.56. The topological polar surface area (TPSA) is 48.4 Å². The van der Waals surface area contributed by atoms with Crippen LogP contribution in [0.4, 0.5) is 0 Å². The zero-order chi connectivity index (χ0) is 11.1. The van der Waals surface area contributed by atoms with Gasteiger partial charge in [0.25, 0.3) is 0 Å². The van der Waals surface area contributed by atoms with E-state index in [2.05, 4.69) is 13.8 Å². The standard InChI is InChI=1S/C12H21NO2/c1-10(2)4-3-5-14-9-12-6-11(7-13)8-15-12/h6,8,10H,3-5,7,9,13H2,1-2H3. The van der Waals surface area contributed by atoms with Crippen LogP contribution in [0.1, 0.15) is 38.0 Å². The van der Waals surface area contributed by atoms with E-state index >= 15 is 0 Å². The van der Waals surface area contributed by atoms with Crippen LogP contribution in [0.5, 0.6) is 0 Å². The van der Waals surface area contributed by atoms with E-state index < -0.39 is 0 Å². The van der Waals surface area contributed by atoms with Crippen LogP contribution in [-0.4, -0.2) is 6.61 Å². The van der Waals surface area contributed by atoms with Gasteiger partial charge in [-0.3, -0.25) is 0 Å². The molecule has 86 valence electrons. The van der Waals surface area contributed by atoms with Gasteiger partial charge in [-0.1, -0.05) is 13.8 Å². The number of hydrogen-bond donors (Lipinski definition) is 1. The van der Waals surface area contributed by atoms with Gasteiger partial charge >= 0.3 is 0 Å². The molecule has 0 bridgehead atoms. The Hall–Kier alpha value is -0.800. The maximum atomic E-state index is 5.49. The summed E-state index contributed by atoms with van der Waals surface area (Å²) in [6.07, 6.45) is 4.02. The molecule has 0 amide bonds. The highest BCUT2D eigenvalue weighted by Gasteiger charge is 2.00. The minimum absolute atomic E-state index is 0.525. The third-order valence-corrected chi connectivity index (χ3v) is 2.26. The fourth-order valence-corrected chi connectivity index (χ4v) is 1.38. The van der Waals surface area contributed by atoms with Crippen LogP contribution in [0.3, 0.4) is 0 Å². The number of nitrogens with two attached hydrogens (primary N) is 1. The van der Waals surface area contributed by atoms with Crippen molar-refractivity contribution in [1.82, 2.24) is 0 Å². The smallest absolute Gasteiger partial charge is 0.129 e. The summed E-state index contributed by atoms with van der Waals surface area (Å²) in [7, 11) is 0. The summed E-state index contributed by atoms with van der Waals surface area (Å²) >= 11 is 0. The molecular weight excluding hydrogens is 190 g/mol. The lowest BCUT2D eigenvalue weighted by Gasteiger charge is -2.04. The van der Waals surface area contributed by atoms with Gasteiger partial charge in [0.15, 0.2) is 0 Å². The first kappa shape index (κ1) is 12.3. The van der Waals surface area contributed by atoms with E-state index in [-0.39, 0.29) is 0 Å². The van der Waals surface area contributed by atoms with Crippen LogP contribution < -0.4 is 5.73 Å². The molecule has 3 nitrogen and oxygen atoms in total. The van der Waals surface area contributed by atoms with Crippen molar-refractivity contribution in [2.75, 3.05) is 6.61 Å². The number of furan rings is 1.